The topological polar surface area (TPSA) is 83.3 Å². The van der Waals surface area contributed by atoms with Crippen LogP contribution in [-0.4, -0.2) is 22.4 Å². The monoisotopic (exact) mass is 355 g/mol. The van der Waals surface area contributed by atoms with E-state index in [2.05, 4.69) is 20.6 Å². The summed E-state index contributed by atoms with van der Waals surface area (Å²) in [7, 11) is 0. The van der Waals surface area contributed by atoms with Gasteiger partial charge in [0.25, 0.3) is 0 Å². The minimum Gasteiger partial charge on any atom is -0.467 e. The number of fused-ring (bicyclic) bond motifs is 1. The SMILES string of the molecule is O=CC1Nc2c(Nc3cccc(Cl)c3)ncnc2N1Cc1ccco1. The van der Waals surface area contributed by atoms with Crippen molar-refractivity contribution in [2.45, 2.75) is 12.7 Å². The molecule has 0 radical (unpaired) electrons. The van der Waals surface area contributed by atoms with E-state index in [-0.39, 0.29) is 0 Å². The molecule has 1 atom stereocenters. The smallest absolute Gasteiger partial charge is 0.162 e. The lowest BCUT2D eigenvalue weighted by Gasteiger charge is -2.20. The molecule has 126 valence electrons. The predicted molar refractivity (Wildman–Crippen MR) is 95.1 cm³/mol. The normalized spacial score (nSPS) is 15.6. The Labute approximate surface area is 148 Å². The van der Waals surface area contributed by atoms with Gasteiger partial charge in [0, 0.05) is 10.7 Å². The molecule has 1 aliphatic rings. The maximum atomic E-state index is 11.5. The fourth-order valence-corrected chi connectivity index (χ4v) is 2.92. The molecule has 0 bridgehead atoms. The summed E-state index contributed by atoms with van der Waals surface area (Å²) in [5.41, 5.74) is 1.45. The second-order valence-corrected chi connectivity index (χ2v) is 5.93. The molecule has 0 amide bonds. The number of carbonyl (C=O) groups excluding carboxylic acids is 1. The van der Waals surface area contributed by atoms with Crippen molar-refractivity contribution in [2.24, 2.45) is 0 Å². The molecule has 4 rings (SSSR count). The van der Waals surface area contributed by atoms with Gasteiger partial charge in [-0.05, 0) is 30.3 Å². The Bertz CT molecular complexity index is 900. The number of carbonyl (C=O) groups is 1. The van der Waals surface area contributed by atoms with Gasteiger partial charge in [0.15, 0.2) is 24.1 Å². The van der Waals surface area contributed by atoms with Crippen LogP contribution < -0.4 is 15.5 Å². The molecular weight excluding hydrogens is 342 g/mol. The van der Waals surface area contributed by atoms with Crippen molar-refractivity contribution in [1.29, 1.82) is 0 Å². The number of nitrogens with zero attached hydrogens (tertiary/aromatic N) is 3. The summed E-state index contributed by atoms with van der Waals surface area (Å²) < 4.78 is 5.38. The van der Waals surface area contributed by atoms with E-state index in [1.807, 2.05) is 29.2 Å². The van der Waals surface area contributed by atoms with Crippen molar-refractivity contribution in [2.75, 3.05) is 15.5 Å². The molecule has 25 heavy (non-hydrogen) atoms. The van der Waals surface area contributed by atoms with Gasteiger partial charge in [0.05, 0.1) is 12.8 Å². The molecule has 8 heteroatoms. The van der Waals surface area contributed by atoms with Gasteiger partial charge in [-0.1, -0.05) is 17.7 Å². The number of rotatable bonds is 5. The van der Waals surface area contributed by atoms with E-state index in [9.17, 15) is 4.79 Å². The summed E-state index contributed by atoms with van der Waals surface area (Å²) in [6.45, 7) is 0.421. The third-order valence-electron chi connectivity index (χ3n) is 3.85. The lowest BCUT2D eigenvalue weighted by Crippen LogP contribution is -2.36. The van der Waals surface area contributed by atoms with Crippen LogP contribution in [0.2, 0.25) is 5.02 Å². The Balaban J connectivity index is 1.67. The first-order valence-electron chi connectivity index (χ1n) is 7.63. The highest BCUT2D eigenvalue weighted by molar-refractivity contribution is 6.30. The minimum atomic E-state index is -0.545. The van der Waals surface area contributed by atoms with Gasteiger partial charge < -0.3 is 20.0 Å². The van der Waals surface area contributed by atoms with E-state index in [4.69, 9.17) is 16.0 Å². The third-order valence-corrected chi connectivity index (χ3v) is 4.08. The van der Waals surface area contributed by atoms with Crippen LogP contribution in [0.3, 0.4) is 0 Å². The van der Waals surface area contributed by atoms with Gasteiger partial charge >= 0.3 is 0 Å². The van der Waals surface area contributed by atoms with E-state index in [1.165, 1.54) is 6.33 Å². The molecule has 0 aliphatic carbocycles. The molecule has 0 saturated carbocycles. The van der Waals surface area contributed by atoms with Crippen LogP contribution >= 0.6 is 11.6 Å². The fourth-order valence-electron chi connectivity index (χ4n) is 2.73. The van der Waals surface area contributed by atoms with Crippen molar-refractivity contribution in [3.05, 3.63) is 59.8 Å². The number of nitrogens with one attached hydrogen (secondary N) is 2. The Morgan fingerprint density at radius 2 is 2.24 bits per heavy atom. The number of furan rings is 1. The molecule has 0 saturated heterocycles. The average Bonchev–Trinajstić information content (AvgIpc) is 3.24. The number of benzene rings is 1. The number of hydrogen-bond donors (Lipinski definition) is 2. The highest BCUT2D eigenvalue weighted by Gasteiger charge is 2.32. The summed E-state index contributed by atoms with van der Waals surface area (Å²) in [6, 6.07) is 11.0. The summed E-state index contributed by atoms with van der Waals surface area (Å²) in [5, 5.41) is 6.97. The van der Waals surface area contributed by atoms with Crippen molar-refractivity contribution in [1.82, 2.24) is 9.97 Å². The lowest BCUT2D eigenvalue weighted by molar-refractivity contribution is -0.108. The van der Waals surface area contributed by atoms with E-state index in [0.717, 1.165) is 17.7 Å². The van der Waals surface area contributed by atoms with Crippen molar-refractivity contribution in [3.8, 4) is 0 Å². The van der Waals surface area contributed by atoms with Gasteiger partial charge in [-0.3, -0.25) is 4.79 Å². The molecule has 0 spiro atoms. The number of aromatic nitrogens is 2. The van der Waals surface area contributed by atoms with Crippen LogP contribution in [0.15, 0.2) is 53.4 Å². The minimum absolute atomic E-state index is 0.421. The Morgan fingerprint density at radius 3 is 3.00 bits per heavy atom. The number of halogens is 1. The first kappa shape index (κ1) is 15.5. The van der Waals surface area contributed by atoms with E-state index >= 15 is 0 Å². The summed E-state index contributed by atoms with van der Waals surface area (Å²) in [4.78, 5) is 21.9. The second-order valence-electron chi connectivity index (χ2n) is 5.49. The zero-order valence-corrected chi connectivity index (χ0v) is 13.8. The molecule has 3 heterocycles. The van der Waals surface area contributed by atoms with Gasteiger partial charge in [-0.2, -0.15) is 0 Å². The van der Waals surface area contributed by atoms with E-state index in [1.54, 1.807) is 18.4 Å². The molecule has 2 N–H and O–H groups in total. The van der Waals surface area contributed by atoms with Gasteiger partial charge in [0.1, 0.15) is 17.8 Å². The van der Waals surface area contributed by atoms with Gasteiger partial charge in [-0.25, -0.2) is 9.97 Å². The lowest BCUT2D eigenvalue weighted by atomic mass is 10.3. The van der Waals surface area contributed by atoms with Crippen molar-refractivity contribution in [3.63, 3.8) is 0 Å². The van der Waals surface area contributed by atoms with Crippen LogP contribution in [0.4, 0.5) is 23.0 Å². The van der Waals surface area contributed by atoms with Gasteiger partial charge in [0.2, 0.25) is 0 Å². The first-order chi connectivity index (χ1) is 12.2. The zero-order valence-electron chi connectivity index (χ0n) is 13.0. The van der Waals surface area contributed by atoms with Crippen molar-refractivity contribution < 1.29 is 9.21 Å². The quantitative estimate of drug-likeness (QED) is 0.678. The van der Waals surface area contributed by atoms with E-state index < -0.39 is 6.17 Å². The van der Waals surface area contributed by atoms with Crippen LogP contribution in [0.1, 0.15) is 5.76 Å². The fraction of sp³-hybridized carbons (Fsp3) is 0.118. The Morgan fingerprint density at radius 1 is 1.32 bits per heavy atom. The van der Waals surface area contributed by atoms with Crippen LogP contribution in [-0.2, 0) is 11.3 Å². The van der Waals surface area contributed by atoms with Crippen molar-refractivity contribution >= 4 is 40.9 Å². The summed E-state index contributed by atoms with van der Waals surface area (Å²) in [5.74, 6) is 1.94. The van der Waals surface area contributed by atoms with Gasteiger partial charge in [-0.15, -0.1) is 0 Å². The highest BCUT2D eigenvalue weighted by atomic mass is 35.5. The number of aldehydes is 1. The standard InChI is InChI=1S/C17H14ClN5O2/c18-11-3-1-4-12(7-11)21-16-15-17(20-10-19-16)23(14(9-24)22-15)8-13-5-2-6-25-13/h1-7,9-10,14,22H,8H2,(H,19,20,21). The molecule has 1 unspecified atom stereocenters. The van der Waals surface area contributed by atoms with Crippen LogP contribution in [0, 0.1) is 0 Å². The maximum Gasteiger partial charge on any atom is 0.162 e. The largest absolute Gasteiger partial charge is 0.467 e. The average molecular weight is 356 g/mol. The summed E-state index contributed by atoms with van der Waals surface area (Å²) in [6.07, 6.45) is 3.34. The second kappa shape index (κ2) is 6.45. The molecule has 1 aliphatic heterocycles. The third kappa shape index (κ3) is 3.01. The molecule has 0 fully saturated rings. The summed E-state index contributed by atoms with van der Waals surface area (Å²) >= 11 is 6.02. The highest BCUT2D eigenvalue weighted by Crippen LogP contribution is 2.38. The Hall–Kier alpha value is -3.06. The predicted octanol–water partition coefficient (Wildman–Crippen LogP) is 3.42. The Kier molecular flexibility index (Phi) is 3.99. The molecular formula is C17H14ClN5O2. The zero-order chi connectivity index (χ0) is 17.2. The van der Waals surface area contributed by atoms with Crippen LogP contribution in [0.25, 0.3) is 0 Å². The number of hydrogen-bond acceptors (Lipinski definition) is 7. The number of anilines is 4. The maximum absolute atomic E-state index is 11.5. The molecule has 1 aromatic carbocycles. The first-order valence-corrected chi connectivity index (χ1v) is 8.01. The molecule has 2 aromatic heterocycles. The molecule has 3 aromatic rings. The molecule has 7 nitrogen and oxygen atoms in total. The van der Waals surface area contributed by atoms with Crippen LogP contribution in [0.5, 0.6) is 0 Å². The van der Waals surface area contributed by atoms with E-state index in [0.29, 0.717) is 28.9 Å².